The molecule has 0 spiro atoms. The Morgan fingerprint density at radius 2 is 1.89 bits per heavy atom. The highest BCUT2D eigenvalue weighted by Gasteiger charge is 2.49. The van der Waals surface area contributed by atoms with Crippen LogP contribution >= 0.6 is 0 Å². The number of carbonyl (C=O) groups is 1. The molecule has 0 bridgehead atoms. The second-order valence-electron chi connectivity index (χ2n) is 5.00. The van der Waals surface area contributed by atoms with Crippen molar-refractivity contribution in [1.82, 2.24) is 0 Å². The summed E-state index contributed by atoms with van der Waals surface area (Å²) in [5, 5.41) is 9.26. The highest BCUT2D eigenvalue weighted by atomic mass is 16.5. The third-order valence-electron chi connectivity index (χ3n) is 3.95. The molecule has 0 heterocycles. The predicted molar refractivity (Wildman–Crippen MR) is 71.1 cm³/mol. The van der Waals surface area contributed by atoms with Crippen LogP contribution in [0, 0.1) is 0 Å². The van der Waals surface area contributed by atoms with Crippen LogP contribution in [0.3, 0.4) is 0 Å². The summed E-state index contributed by atoms with van der Waals surface area (Å²) < 4.78 is 10.5. The zero-order valence-corrected chi connectivity index (χ0v) is 11.4. The minimum atomic E-state index is -1.01. The van der Waals surface area contributed by atoms with Crippen LogP contribution in [0.5, 0.6) is 11.5 Å². The van der Waals surface area contributed by atoms with Gasteiger partial charge in [-0.1, -0.05) is 0 Å². The van der Waals surface area contributed by atoms with Crippen LogP contribution in [0.1, 0.15) is 35.7 Å². The molecule has 1 saturated carbocycles. The lowest BCUT2D eigenvalue weighted by Crippen LogP contribution is -2.32. The maximum Gasteiger partial charge on any atom is 0.339 e. The second kappa shape index (κ2) is 4.74. The van der Waals surface area contributed by atoms with Gasteiger partial charge in [0.05, 0.1) is 14.2 Å². The normalized spacial score (nSPS) is 17.7. The molecule has 3 N–H and O–H groups in total. The smallest absolute Gasteiger partial charge is 0.339 e. The van der Waals surface area contributed by atoms with E-state index in [4.69, 9.17) is 15.2 Å². The minimum absolute atomic E-state index is 0.0450. The molecule has 0 radical (unpaired) electrons. The van der Waals surface area contributed by atoms with E-state index in [-0.39, 0.29) is 17.0 Å². The molecular formula is C14H19NO4. The molecule has 0 amide bonds. The number of carboxylic acid groups (broad SMARTS) is 1. The van der Waals surface area contributed by atoms with Gasteiger partial charge < -0.3 is 20.3 Å². The van der Waals surface area contributed by atoms with Crippen molar-refractivity contribution >= 4 is 5.97 Å². The average molecular weight is 265 g/mol. The Morgan fingerprint density at radius 1 is 1.32 bits per heavy atom. The number of benzene rings is 1. The van der Waals surface area contributed by atoms with Crippen LogP contribution in [0.25, 0.3) is 0 Å². The fourth-order valence-electron chi connectivity index (χ4n) is 2.56. The zero-order chi connectivity index (χ0) is 14.2. The number of nitrogens with two attached hydrogens (primary N) is 1. The van der Waals surface area contributed by atoms with E-state index in [0.717, 1.165) is 18.4 Å². The zero-order valence-electron chi connectivity index (χ0n) is 11.4. The minimum Gasteiger partial charge on any atom is -0.496 e. The van der Waals surface area contributed by atoms with Crippen molar-refractivity contribution < 1.29 is 19.4 Å². The van der Waals surface area contributed by atoms with Crippen LogP contribution < -0.4 is 15.2 Å². The molecule has 1 atom stereocenters. The summed E-state index contributed by atoms with van der Waals surface area (Å²) in [4.78, 5) is 11.3. The summed E-state index contributed by atoms with van der Waals surface area (Å²) in [6.45, 7) is 1.94. The van der Waals surface area contributed by atoms with Gasteiger partial charge in [-0.05, 0) is 25.8 Å². The fraction of sp³-hybridized carbons (Fsp3) is 0.500. The molecule has 2 rings (SSSR count). The molecule has 1 aliphatic rings. The first kappa shape index (κ1) is 13.7. The molecule has 1 fully saturated rings. The van der Waals surface area contributed by atoms with Crippen LogP contribution in [0.15, 0.2) is 12.1 Å². The number of hydrogen-bond acceptors (Lipinski definition) is 4. The van der Waals surface area contributed by atoms with Crippen molar-refractivity contribution in [2.24, 2.45) is 5.73 Å². The Labute approximate surface area is 112 Å². The van der Waals surface area contributed by atoms with Gasteiger partial charge in [0, 0.05) is 23.1 Å². The third kappa shape index (κ3) is 2.14. The van der Waals surface area contributed by atoms with Gasteiger partial charge in [0.15, 0.2) is 0 Å². The van der Waals surface area contributed by atoms with E-state index in [1.165, 1.54) is 7.11 Å². The Hall–Kier alpha value is -1.75. The molecular weight excluding hydrogens is 246 g/mol. The lowest BCUT2D eigenvalue weighted by molar-refractivity contribution is 0.0693. The Balaban J connectivity index is 2.60. The van der Waals surface area contributed by atoms with Gasteiger partial charge in [0.1, 0.15) is 17.1 Å². The van der Waals surface area contributed by atoms with E-state index in [1.54, 1.807) is 19.2 Å². The van der Waals surface area contributed by atoms with E-state index < -0.39 is 5.97 Å². The molecule has 1 unspecified atom stereocenters. The number of ether oxygens (including phenoxy) is 2. The quantitative estimate of drug-likeness (QED) is 0.848. The van der Waals surface area contributed by atoms with E-state index in [9.17, 15) is 9.90 Å². The first-order valence-electron chi connectivity index (χ1n) is 6.21. The van der Waals surface area contributed by atoms with Gasteiger partial charge in [-0.25, -0.2) is 4.79 Å². The third-order valence-corrected chi connectivity index (χ3v) is 3.95. The molecule has 1 aromatic rings. The van der Waals surface area contributed by atoms with E-state index in [2.05, 4.69) is 0 Å². The summed E-state index contributed by atoms with van der Waals surface area (Å²) in [6.07, 6.45) is 1.90. The van der Waals surface area contributed by atoms with Crippen molar-refractivity contribution in [2.45, 2.75) is 31.2 Å². The largest absolute Gasteiger partial charge is 0.496 e. The standard InChI is InChI=1S/C14H19NO4/c1-8(15)14(4-5-14)10-6-9(13(16)17)11(18-2)7-12(10)19-3/h6-8H,4-5,15H2,1-3H3,(H,16,17). The average Bonchev–Trinajstić information content (AvgIpc) is 3.18. The molecule has 0 aliphatic heterocycles. The Bertz CT molecular complexity index is 506. The summed E-state index contributed by atoms with van der Waals surface area (Å²) in [5.74, 6) is -0.0774. The summed E-state index contributed by atoms with van der Waals surface area (Å²) in [6, 6.07) is 3.22. The second-order valence-corrected chi connectivity index (χ2v) is 5.00. The van der Waals surface area contributed by atoms with Gasteiger partial charge in [0.25, 0.3) is 0 Å². The van der Waals surface area contributed by atoms with Gasteiger partial charge in [-0.15, -0.1) is 0 Å². The van der Waals surface area contributed by atoms with E-state index >= 15 is 0 Å². The van der Waals surface area contributed by atoms with E-state index in [1.807, 2.05) is 6.92 Å². The van der Waals surface area contributed by atoms with Gasteiger partial charge >= 0.3 is 5.97 Å². The van der Waals surface area contributed by atoms with Crippen molar-refractivity contribution in [3.05, 3.63) is 23.3 Å². The SMILES string of the molecule is COc1cc(OC)c(C2(C(C)N)CC2)cc1C(=O)O. The van der Waals surface area contributed by atoms with Gasteiger partial charge in [-0.3, -0.25) is 0 Å². The van der Waals surface area contributed by atoms with E-state index in [0.29, 0.717) is 11.5 Å². The molecule has 19 heavy (non-hydrogen) atoms. The molecule has 1 aromatic carbocycles. The van der Waals surface area contributed by atoms with Crippen LogP contribution in [-0.4, -0.2) is 31.3 Å². The number of aromatic carboxylic acids is 1. The number of methoxy groups -OCH3 is 2. The predicted octanol–water partition coefficient (Wildman–Crippen LogP) is 1.78. The lowest BCUT2D eigenvalue weighted by atomic mass is 9.87. The first-order chi connectivity index (χ1) is 8.96. The summed E-state index contributed by atoms with van der Waals surface area (Å²) >= 11 is 0. The van der Waals surface area contributed by atoms with Crippen molar-refractivity contribution in [3.63, 3.8) is 0 Å². The number of rotatable bonds is 5. The molecule has 1 aliphatic carbocycles. The van der Waals surface area contributed by atoms with Crippen molar-refractivity contribution in [2.75, 3.05) is 14.2 Å². The topological polar surface area (TPSA) is 81.8 Å². The molecule has 0 aromatic heterocycles. The van der Waals surface area contributed by atoms with Crippen LogP contribution in [0.2, 0.25) is 0 Å². The van der Waals surface area contributed by atoms with Gasteiger partial charge in [-0.2, -0.15) is 0 Å². The fourth-order valence-corrected chi connectivity index (χ4v) is 2.56. The van der Waals surface area contributed by atoms with Gasteiger partial charge in [0.2, 0.25) is 0 Å². The highest BCUT2D eigenvalue weighted by Crippen LogP contribution is 2.54. The maximum atomic E-state index is 11.3. The highest BCUT2D eigenvalue weighted by molar-refractivity contribution is 5.91. The maximum absolute atomic E-state index is 11.3. The van der Waals surface area contributed by atoms with Crippen molar-refractivity contribution in [3.8, 4) is 11.5 Å². The summed E-state index contributed by atoms with van der Waals surface area (Å²) in [5.41, 5.74) is 6.89. The Kier molecular flexibility index (Phi) is 3.41. The number of hydrogen-bond donors (Lipinski definition) is 2. The monoisotopic (exact) mass is 265 g/mol. The molecule has 0 saturated heterocycles. The molecule has 104 valence electrons. The van der Waals surface area contributed by atoms with Crippen LogP contribution in [-0.2, 0) is 5.41 Å². The van der Waals surface area contributed by atoms with Crippen LogP contribution in [0.4, 0.5) is 0 Å². The lowest BCUT2D eigenvalue weighted by Gasteiger charge is -2.23. The first-order valence-corrected chi connectivity index (χ1v) is 6.21. The van der Waals surface area contributed by atoms with Crippen molar-refractivity contribution in [1.29, 1.82) is 0 Å². The molecule has 5 nitrogen and oxygen atoms in total. The summed E-state index contributed by atoms with van der Waals surface area (Å²) in [7, 11) is 3.01. The molecule has 5 heteroatoms. The number of carboxylic acids is 1. The Morgan fingerprint density at radius 3 is 2.26 bits per heavy atom.